The lowest BCUT2D eigenvalue weighted by Crippen LogP contribution is -2.39. The maximum absolute atomic E-state index is 13.4. The fourth-order valence-electron chi connectivity index (χ4n) is 6.20. The molecule has 0 spiro atoms. The van der Waals surface area contributed by atoms with Crippen LogP contribution in [-0.2, 0) is 28.8 Å². The highest BCUT2D eigenvalue weighted by atomic mass is 16.5. The number of fused-ring (bicyclic) bond motifs is 2. The summed E-state index contributed by atoms with van der Waals surface area (Å²) in [7, 11) is 3.52. The van der Waals surface area contributed by atoms with Crippen LogP contribution in [0.15, 0.2) is 78.4 Å². The quantitative estimate of drug-likeness (QED) is 0.381. The molecule has 1 amide bonds. The molecular weight excluding hydrogens is 484 g/mol. The van der Waals surface area contributed by atoms with Gasteiger partial charge in [0, 0.05) is 25.1 Å². The zero-order valence-electron chi connectivity index (χ0n) is 23.3. The van der Waals surface area contributed by atoms with Crippen molar-refractivity contribution in [3.05, 3.63) is 112 Å². The zero-order chi connectivity index (χ0) is 27.7. The molecule has 5 nitrogen and oxygen atoms in total. The van der Waals surface area contributed by atoms with Crippen LogP contribution in [0.2, 0.25) is 0 Å². The molecule has 202 valence electrons. The van der Waals surface area contributed by atoms with E-state index in [9.17, 15) is 9.59 Å². The lowest BCUT2D eigenvalue weighted by atomic mass is 9.70. The Hall–Kier alpha value is -3.70. The average Bonchev–Trinajstić information content (AvgIpc) is 3.48. The minimum absolute atomic E-state index is 0.0237. The van der Waals surface area contributed by atoms with Gasteiger partial charge in [0.05, 0.1) is 0 Å². The number of ether oxygens (including phenoxy) is 1. The fourth-order valence-corrected chi connectivity index (χ4v) is 6.20. The van der Waals surface area contributed by atoms with Crippen LogP contribution in [0.25, 0.3) is 6.08 Å². The Morgan fingerprint density at radius 1 is 0.974 bits per heavy atom. The number of carbonyl (C=O) groups excluding carboxylic acids is 2. The van der Waals surface area contributed by atoms with E-state index >= 15 is 0 Å². The van der Waals surface area contributed by atoms with Gasteiger partial charge in [0.25, 0.3) is 5.91 Å². The standard InChI is InChI=1S/C34H38N2O3/c1-22(2)17-30(35)33(38)39-31-29-12-8-7-11-27(29)21-34(31,28-18-25-9-5-6-10-26(25)19-28)20-23-13-15-24(16-14-23)32(37)36(3)4/h5-16,18,22,30-31H,17,19-21,35H2,1-4H3. The van der Waals surface area contributed by atoms with E-state index in [-0.39, 0.29) is 11.9 Å². The topological polar surface area (TPSA) is 72.6 Å². The summed E-state index contributed by atoms with van der Waals surface area (Å²) in [6.45, 7) is 4.13. The molecule has 3 aromatic rings. The Bertz CT molecular complexity index is 1410. The maximum atomic E-state index is 13.4. The van der Waals surface area contributed by atoms with Gasteiger partial charge in [0.15, 0.2) is 0 Å². The van der Waals surface area contributed by atoms with Crippen molar-refractivity contribution in [1.82, 2.24) is 4.90 Å². The largest absolute Gasteiger partial charge is 0.455 e. The van der Waals surface area contributed by atoms with Crippen LogP contribution in [0, 0.1) is 11.3 Å². The van der Waals surface area contributed by atoms with Crippen molar-refractivity contribution >= 4 is 18.0 Å². The smallest absolute Gasteiger partial charge is 0.323 e. The molecule has 0 saturated heterocycles. The van der Waals surface area contributed by atoms with Gasteiger partial charge in [-0.25, -0.2) is 0 Å². The minimum Gasteiger partial charge on any atom is -0.455 e. The van der Waals surface area contributed by atoms with E-state index in [2.05, 4.69) is 62.4 Å². The third-order valence-corrected chi connectivity index (χ3v) is 8.14. The number of carbonyl (C=O) groups is 2. The molecule has 0 radical (unpaired) electrons. The summed E-state index contributed by atoms with van der Waals surface area (Å²) in [5.74, 6) is -0.0779. The highest BCUT2D eigenvalue weighted by Crippen LogP contribution is 2.56. The second-order valence-electron chi connectivity index (χ2n) is 11.7. The number of rotatable bonds is 8. The number of nitrogens with two attached hydrogens (primary N) is 1. The van der Waals surface area contributed by atoms with Gasteiger partial charge >= 0.3 is 5.97 Å². The zero-order valence-corrected chi connectivity index (χ0v) is 23.3. The Morgan fingerprint density at radius 3 is 2.31 bits per heavy atom. The number of nitrogens with zero attached hydrogens (tertiary/aromatic N) is 1. The first-order chi connectivity index (χ1) is 18.7. The molecule has 5 rings (SSSR count). The van der Waals surface area contributed by atoms with Gasteiger partial charge in [-0.1, -0.05) is 86.2 Å². The molecule has 3 aromatic carbocycles. The van der Waals surface area contributed by atoms with Crippen molar-refractivity contribution in [3.63, 3.8) is 0 Å². The normalized spacial score (nSPS) is 20.3. The number of amides is 1. The van der Waals surface area contributed by atoms with Crippen LogP contribution in [0.4, 0.5) is 0 Å². The van der Waals surface area contributed by atoms with Crippen LogP contribution in [-0.4, -0.2) is 36.9 Å². The molecule has 3 unspecified atom stereocenters. The van der Waals surface area contributed by atoms with E-state index in [0.29, 0.717) is 24.3 Å². The molecule has 0 aliphatic heterocycles. The monoisotopic (exact) mass is 522 g/mol. The third kappa shape index (κ3) is 5.28. The Morgan fingerprint density at radius 2 is 1.64 bits per heavy atom. The lowest BCUT2D eigenvalue weighted by molar-refractivity contribution is -0.156. The van der Waals surface area contributed by atoms with Crippen molar-refractivity contribution in [1.29, 1.82) is 0 Å². The number of hydrogen-bond donors (Lipinski definition) is 1. The van der Waals surface area contributed by atoms with E-state index in [1.165, 1.54) is 22.3 Å². The Balaban J connectivity index is 1.57. The van der Waals surface area contributed by atoms with Crippen LogP contribution in [0.3, 0.4) is 0 Å². The van der Waals surface area contributed by atoms with Gasteiger partial charge in [-0.15, -0.1) is 0 Å². The molecule has 2 N–H and O–H groups in total. The molecule has 0 aromatic heterocycles. The number of benzene rings is 3. The highest BCUT2D eigenvalue weighted by Gasteiger charge is 2.51. The molecule has 2 aliphatic carbocycles. The van der Waals surface area contributed by atoms with Crippen molar-refractivity contribution in [3.8, 4) is 0 Å². The molecule has 3 atom stereocenters. The van der Waals surface area contributed by atoms with Crippen molar-refractivity contribution < 1.29 is 14.3 Å². The molecule has 5 heteroatoms. The molecule has 0 heterocycles. The van der Waals surface area contributed by atoms with Gasteiger partial charge in [-0.05, 0) is 71.6 Å². The molecule has 0 saturated carbocycles. The van der Waals surface area contributed by atoms with E-state index in [0.717, 1.165) is 24.0 Å². The van der Waals surface area contributed by atoms with Crippen molar-refractivity contribution in [2.45, 2.75) is 51.7 Å². The Kier molecular flexibility index (Phi) is 7.46. The molecular formula is C34H38N2O3. The SMILES string of the molecule is CC(C)CC(N)C(=O)OC1c2ccccc2CC1(Cc1ccc(C(=O)N(C)C)cc1)C1=Cc2ccccc2C1. The molecule has 39 heavy (non-hydrogen) atoms. The van der Waals surface area contributed by atoms with E-state index in [1.54, 1.807) is 19.0 Å². The first kappa shape index (κ1) is 26.9. The van der Waals surface area contributed by atoms with Gasteiger partial charge in [0.2, 0.25) is 0 Å². The Labute approximate surface area is 231 Å². The number of esters is 1. The molecule has 0 bridgehead atoms. The van der Waals surface area contributed by atoms with E-state index in [4.69, 9.17) is 10.5 Å². The predicted octanol–water partition coefficient (Wildman–Crippen LogP) is 5.77. The number of hydrogen-bond acceptors (Lipinski definition) is 4. The average molecular weight is 523 g/mol. The van der Waals surface area contributed by atoms with Crippen molar-refractivity contribution in [2.75, 3.05) is 14.1 Å². The van der Waals surface area contributed by atoms with Crippen LogP contribution < -0.4 is 5.73 Å². The van der Waals surface area contributed by atoms with E-state index < -0.39 is 17.6 Å². The molecule has 0 fully saturated rings. The molecule has 2 aliphatic rings. The first-order valence-corrected chi connectivity index (χ1v) is 13.8. The highest BCUT2D eigenvalue weighted by molar-refractivity contribution is 5.93. The van der Waals surface area contributed by atoms with Gasteiger partial charge in [-0.3, -0.25) is 9.59 Å². The summed E-state index contributed by atoms with van der Waals surface area (Å²) >= 11 is 0. The first-order valence-electron chi connectivity index (χ1n) is 13.8. The maximum Gasteiger partial charge on any atom is 0.323 e. The van der Waals surface area contributed by atoms with Crippen molar-refractivity contribution in [2.24, 2.45) is 17.1 Å². The summed E-state index contributed by atoms with van der Waals surface area (Å²) in [6, 6.07) is 24.0. The predicted molar refractivity (Wildman–Crippen MR) is 155 cm³/mol. The second kappa shape index (κ2) is 10.8. The summed E-state index contributed by atoms with van der Waals surface area (Å²) in [4.78, 5) is 27.5. The van der Waals surface area contributed by atoms with E-state index in [1.807, 2.05) is 30.3 Å². The van der Waals surface area contributed by atoms with Gasteiger partial charge in [-0.2, -0.15) is 0 Å². The second-order valence-corrected chi connectivity index (χ2v) is 11.7. The lowest BCUT2D eigenvalue weighted by Gasteiger charge is -2.38. The third-order valence-electron chi connectivity index (χ3n) is 8.14. The fraction of sp³-hybridized carbons (Fsp3) is 0.353. The van der Waals surface area contributed by atoms with Crippen LogP contribution in [0.5, 0.6) is 0 Å². The minimum atomic E-state index is -0.665. The van der Waals surface area contributed by atoms with Gasteiger partial charge < -0.3 is 15.4 Å². The summed E-state index contributed by atoms with van der Waals surface area (Å²) in [5.41, 5.74) is 13.6. The van der Waals surface area contributed by atoms with Gasteiger partial charge in [0.1, 0.15) is 12.1 Å². The van der Waals surface area contributed by atoms with Crippen LogP contribution >= 0.6 is 0 Å². The van der Waals surface area contributed by atoms with Crippen LogP contribution in [0.1, 0.15) is 64.5 Å². The summed E-state index contributed by atoms with van der Waals surface area (Å²) in [6.07, 6.45) is 4.67. The summed E-state index contributed by atoms with van der Waals surface area (Å²) in [5, 5.41) is 0. The summed E-state index contributed by atoms with van der Waals surface area (Å²) < 4.78 is 6.43.